The van der Waals surface area contributed by atoms with Gasteiger partial charge in [-0.15, -0.1) is 12.4 Å². The Morgan fingerprint density at radius 1 is 1.14 bits per heavy atom. The van der Waals surface area contributed by atoms with Crippen LogP contribution in [0, 0.1) is 5.92 Å². The van der Waals surface area contributed by atoms with Crippen molar-refractivity contribution in [3.63, 3.8) is 0 Å². The third kappa shape index (κ3) is 4.93. The molecule has 5 N–H and O–H groups in total. The van der Waals surface area contributed by atoms with Gasteiger partial charge in [0.1, 0.15) is 0 Å². The third-order valence-corrected chi connectivity index (χ3v) is 3.82. The number of nitrogen functional groups attached to an aromatic ring is 1. The summed E-state index contributed by atoms with van der Waals surface area (Å²) in [5.74, 6) is -0.630. The topological polar surface area (TPSA) is 98.2 Å². The fourth-order valence-electron chi connectivity index (χ4n) is 2.72. The average molecular weight is 312 g/mol. The van der Waals surface area contributed by atoms with Crippen LogP contribution in [0.5, 0.6) is 0 Å². The van der Waals surface area contributed by atoms with Crippen LogP contribution >= 0.6 is 12.4 Å². The Kier molecular flexibility index (Phi) is 6.49. The first-order chi connectivity index (χ1) is 9.56. The molecule has 2 amide bonds. The number of benzene rings is 1. The molecular formula is C15H22ClN3O2. The molecule has 1 aromatic rings. The van der Waals surface area contributed by atoms with E-state index in [1.807, 2.05) is 12.1 Å². The van der Waals surface area contributed by atoms with E-state index in [4.69, 9.17) is 11.5 Å². The second-order valence-electron chi connectivity index (χ2n) is 5.39. The molecule has 0 spiro atoms. The van der Waals surface area contributed by atoms with Crippen molar-refractivity contribution in [2.75, 3.05) is 5.73 Å². The lowest BCUT2D eigenvalue weighted by atomic mass is 9.84. The predicted octanol–water partition coefficient (Wildman–Crippen LogP) is 1.39. The van der Waals surface area contributed by atoms with E-state index in [0.29, 0.717) is 12.1 Å². The van der Waals surface area contributed by atoms with Crippen molar-refractivity contribution in [2.24, 2.45) is 11.7 Å². The fourth-order valence-corrected chi connectivity index (χ4v) is 2.72. The second-order valence-corrected chi connectivity index (χ2v) is 5.39. The minimum absolute atomic E-state index is 0. The molecule has 2 atom stereocenters. The number of carbonyl (C=O) groups is 2. The SMILES string of the molecule is Cl.NC(=O)C1CCCCC1NC(=O)Cc1ccc(N)cc1. The first-order valence-electron chi connectivity index (χ1n) is 6.99. The van der Waals surface area contributed by atoms with Crippen LogP contribution in [0.2, 0.25) is 0 Å². The molecular weight excluding hydrogens is 290 g/mol. The standard InChI is InChI=1S/C15H21N3O2.ClH/c16-11-7-5-10(6-8-11)9-14(19)18-13-4-2-1-3-12(13)15(17)20;/h5-8,12-13H,1-4,9,16H2,(H2,17,20)(H,18,19);1H. The van der Waals surface area contributed by atoms with Crippen LogP contribution in [0.4, 0.5) is 5.69 Å². The summed E-state index contributed by atoms with van der Waals surface area (Å²) in [5, 5.41) is 2.94. The predicted molar refractivity (Wildman–Crippen MR) is 84.9 cm³/mol. The number of amides is 2. The number of carbonyl (C=O) groups excluding carboxylic acids is 2. The molecule has 1 fully saturated rings. The maximum absolute atomic E-state index is 12.0. The lowest BCUT2D eigenvalue weighted by Crippen LogP contribution is -2.47. The molecule has 2 rings (SSSR count). The normalized spacial score (nSPS) is 21.1. The zero-order valence-electron chi connectivity index (χ0n) is 11.9. The zero-order valence-corrected chi connectivity index (χ0v) is 12.7. The Labute approximate surface area is 130 Å². The van der Waals surface area contributed by atoms with Gasteiger partial charge in [-0.2, -0.15) is 0 Å². The molecule has 6 heteroatoms. The van der Waals surface area contributed by atoms with Crippen LogP contribution in [0.25, 0.3) is 0 Å². The van der Waals surface area contributed by atoms with Crippen molar-refractivity contribution >= 4 is 29.9 Å². The molecule has 21 heavy (non-hydrogen) atoms. The Morgan fingerprint density at radius 2 is 1.76 bits per heavy atom. The van der Waals surface area contributed by atoms with Gasteiger partial charge in [-0.1, -0.05) is 25.0 Å². The molecule has 1 aliphatic rings. The molecule has 5 nitrogen and oxygen atoms in total. The first kappa shape index (κ1) is 17.3. The van der Waals surface area contributed by atoms with E-state index in [9.17, 15) is 9.59 Å². The number of nitrogens with one attached hydrogen (secondary N) is 1. The highest BCUT2D eigenvalue weighted by Gasteiger charge is 2.30. The van der Waals surface area contributed by atoms with Gasteiger partial charge >= 0.3 is 0 Å². The number of primary amides is 1. The van der Waals surface area contributed by atoms with Crippen LogP contribution < -0.4 is 16.8 Å². The van der Waals surface area contributed by atoms with E-state index in [0.717, 1.165) is 31.2 Å². The van der Waals surface area contributed by atoms with E-state index in [1.54, 1.807) is 12.1 Å². The summed E-state index contributed by atoms with van der Waals surface area (Å²) < 4.78 is 0. The molecule has 1 saturated carbocycles. The number of hydrogen-bond donors (Lipinski definition) is 3. The van der Waals surface area contributed by atoms with Crippen molar-refractivity contribution in [2.45, 2.75) is 38.1 Å². The highest BCUT2D eigenvalue weighted by Crippen LogP contribution is 2.24. The maximum atomic E-state index is 12.0. The van der Waals surface area contributed by atoms with Crippen LogP contribution in [0.15, 0.2) is 24.3 Å². The van der Waals surface area contributed by atoms with Gasteiger partial charge in [0.15, 0.2) is 0 Å². The first-order valence-corrected chi connectivity index (χ1v) is 6.99. The minimum atomic E-state index is -0.317. The van der Waals surface area contributed by atoms with E-state index in [2.05, 4.69) is 5.32 Å². The van der Waals surface area contributed by atoms with Crippen molar-refractivity contribution in [3.05, 3.63) is 29.8 Å². The van der Waals surface area contributed by atoms with E-state index in [-0.39, 0.29) is 36.2 Å². The van der Waals surface area contributed by atoms with Gasteiger partial charge in [0, 0.05) is 11.7 Å². The zero-order chi connectivity index (χ0) is 14.5. The quantitative estimate of drug-likeness (QED) is 0.733. The molecule has 116 valence electrons. The Bertz CT molecular complexity index is 490. The highest BCUT2D eigenvalue weighted by atomic mass is 35.5. The van der Waals surface area contributed by atoms with Crippen LogP contribution in [-0.2, 0) is 16.0 Å². The van der Waals surface area contributed by atoms with E-state index >= 15 is 0 Å². The molecule has 0 aromatic heterocycles. The van der Waals surface area contributed by atoms with Crippen molar-refractivity contribution in [1.82, 2.24) is 5.32 Å². The molecule has 1 aromatic carbocycles. The summed E-state index contributed by atoms with van der Waals surface area (Å²) in [7, 11) is 0. The number of hydrogen-bond acceptors (Lipinski definition) is 3. The Morgan fingerprint density at radius 3 is 2.38 bits per heavy atom. The van der Waals surface area contributed by atoms with Gasteiger partial charge in [0.25, 0.3) is 0 Å². The molecule has 0 bridgehead atoms. The van der Waals surface area contributed by atoms with E-state index in [1.165, 1.54) is 0 Å². The van der Waals surface area contributed by atoms with Crippen LogP contribution in [0.3, 0.4) is 0 Å². The van der Waals surface area contributed by atoms with Gasteiger partial charge < -0.3 is 16.8 Å². The van der Waals surface area contributed by atoms with Gasteiger partial charge in [-0.3, -0.25) is 9.59 Å². The molecule has 0 aliphatic heterocycles. The van der Waals surface area contributed by atoms with Crippen LogP contribution in [-0.4, -0.2) is 17.9 Å². The lowest BCUT2D eigenvalue weighted by Gasteiger charge is -2.30. The number of nitrogens with two attached hydrogens (primary N) is 2. The second kappa shape index (κ2) is 7.88. The summed E-state index contributed by atoms with van der Waals surface area (Å²) in [6, 6.07) is 7.09. The molecule has 2 unspecified atom stereocenters. The van der Waals surface area contributed by atoms with Crippen molar-refractivity contribution in [3.8, 4) is 0 Å². The number of halogens is 1. The van der Waals surface area contributed by atoms with Crippen molar-refractivity contribution in [1.29, 1.82) is 0 Å². The Balaban J connectivity index is 0.00000220. The average Bonchev–Trinajstić information content (AvgIpc) is 2.41. The van der Waals surface area contributed by atoms with Gasteiger partial charge in [0.2, 0.25) is 11.8 Å². The smallest absolute Gasteiger partial charge is 0.224 e. The molecule has 1 aliphatic carbocycles. The van der Waals surface area contributed by atoms with Gasteiger partial charge in [-0.05, 0) is 30.5 Å². The monoisotopic (exact) mass is 311 g/mol. The fraction of sp³-hybridized carbons (Fsp3) is 0.467. The van der Waals surface area contributed by atoms with Crippen LogP contribution in [0.1, 0.15) is 31.2 Å². The summed E-state index contributed by atoms with van der Waals surface area (Å²) >= 11 is 0. The molecule has 0 saturated heterocycles. The van der Waals surface area contributed by atoms with E-state index < -0.39 is 0 Å². The summed E-state index contributed by atoms with van der Waals surface area (Å²) in [5.41, 5.74) is 12.6. The molecule has 0 radical (unpaired) electrons. The largest absolute Gasteiger partial charge is 0.399 e. The lowest BCUT2D eigenvalue weighted by molar-refractivity contribution is -0.125. The maximum Gasteiger partial charge on any atom is 0.224 e. The summed E-state index contributed by atoms with van der Waals surface area (Å²) in [6.45, 7) is 0. The summed E-state index contributed by atoms with van der Waals surface area (Å²) in [6.07, 6.45) is 3.90. The number of anilines is 1. The van der Waals surface area contributed by atoms with Gasteiger partial charge in [-0.25, -0.2) is 0 Å². The third-order valence-electron chi connectivity index (χ3n) is 3.82. The Hall–Kier alpha value is -1.75. The van der Waals surface area contributed by atoms with Gasteiger partial charge in [0.05, 0.1) is 12.3 Å². The molecule has 0 heterocycles. The minimum Gasteiger partial charge on any atom is -0.399 e. The number of rotatable bonds is 4. The highest BCUT2D eigenvalue weighted by molar-refractivity contribution is 5.85. The summed E-state index contributed by atoms with van der Waals surface area (Å²) in [4.78, 5) is 23.4. The van der Waals surface area contributed by atoms with Crippen molar-refractivity contribution < 1.29 is 9.59 Å².